The van der Waals surface area contributed by atoms with E-state index in [0.717, 1.165) is 43.9 Å². The van der Waals surface area contributed by atoms with Crippen molar-refractivity contribution in [1.29, 1.82) is 0 Å². The summed E-state index contributed by atoms with van der Waals surface area (Å²) >= 11 is 0. The molecule has 0 amide bonds. The molecule has 2 N–H and O–H groups in total. The van der Waals surface area contributed by atoms with Crippen LogP contribution in [-0.4, -0.2) is 21.9 Å². The minimum absolute atomic E-state index is 0.0724. The van der Waals surface area contributed by atoms with Gasteiger partial charge in [-0.2, -0.15) is 0 Å². The first-order valence-corrected chi connectivity index (χ1v) is 13.7. The highest BCUT2D eigenvalue weighted by Crippen LogP contribution is 2.69. The molecule has 4 aliphatic rings. The molecule has 178 valence electrons. The van der Waals surface area contributed by atoms with Gasteiger partial charge in [-0.1, -0.05) is 66.0 Å². The van der Waals surface area contributed by atoms with E-state index in [-0.39, 0.29) is 16.9 Å². The van der Waals surface area contributed by atoms with E-state index in [1.54, 1.807) is 0 Å². The molecule has 0 aliphatic heterocycles. The molecular formula is C29H50O2. The average Bonchev–Trinajstić information content (AvgIpc) is 3.00. The fraction of sp³-hybridized carbons (Fsp3) is 0.931. The van der Waals surface area contributed by atoms with Gasteiger partial charge in [0.05, 0.1) is 11.7 Å². The van der Waals surface area contributed by atoms with Crippen molar-refractivity contribution in [3.63, 3.8) is 0 Å². The normalized spacial score (nSPS) is 46.7. The molecule has 4 aliphatic carbocycles. The molecule has 2 nitrogen and oxygen atoms in total. The minimum atomic E-state index is -0.502. The third-order valence-electron chi connectivity index (χ3n) is 11.5. The van der Waals surface area contributed by atoms with E-state index in [9.17, 15) is 10.2 Å². The molecule has 0 aromatic carbocycles. The highest BCUT2D eigenvalue weighted by atomic mass is 16.3. The first-order chi connectivity index (χ1) is 14.6. The van der Waals surface area contributed by atoms with Gasteiger partial charge in [0.25, 0.3) is 0 Å². The van der Waals surface area contributed by atoms with E-state index in [1.807, 2.05) is 0 Å². The molecular weight excluding hydrogens is 380 g/mol. The molecule has 4 rings (SSSR count). The van der Waals surface area contributed by atoms with Gasteiger partial charge in [0, 0.05) is 0 Å². The quantitative estimate of drug-likeness (QED) is 0.440. The second-order valence-electron chi connectivity index (χ2n) is 13.0. The molecule has 0 spiro atoms. The summed E-state index contributed by atoms with van der Waals surface area (Å²) in [5, 5.41) is 22.6. The van der Waals surface area contributed by atoms with Gasteiger partial charge in [-0.15, -0.1) is 0 Å². The molecule has 0 aromatic heterocycles. The number of hydrogen-bond donors (Lipinski definition) is 2. The van der Waals surface area contributed by atoms with Gasteiger partial charge in [-0.05, 0) is 104 Å². The predicted molar refractivity (Wildman–Crippen MR) is 130 cm³/mol. The van der Waals surface area contributed by atoms with Crippen molar-refractivity contribution in [2.75, 3.05) is 0 Å². The topological polar surface area (TPSA) is 40.5 Å². The smallest absolute Gasteiger partial charge is 0.0737 e. The molecule has 9 atom stereocenters. The summed E-state index contributed by atoms with van der Waals surface area (Å²) in [5.74, 6) is 3.99. The van der Waals surface area contributed by atoms with Crippen LogP contribution >= 0.6 is 0 Å². The van der Waals surface area contributed by atoms with Gasteiger partial charge in [-0.25, -0.2) is 0 Å². The van der Waals surface area contributed by atoms with Crippen LogP contribution in [-0.2, 0) is 0 Å². The second-order valence-corrected chi connectivity index (χ2v) is 13.0. The molecule has 0 saturated heterocycles. The lowest BCUT2D eigenvalue weighted by Crippen LogP contribution is -2.60. The molecule has 0 aromatic rings. The highest BCUT2D eigenvalue weighted by Gasteiger charge is 2.66. The van der Waals surface area contributed by atoms with E-state index in [0.29, 0.717) is 23.7 Å². The van der Waals surface area contributed by atoms with Crippen molar-refractivity contribution >= 4 is 0 Å². The van der Waals surface area contributed by atoms with Crippen molar-refractivity contribution in [2.45, 2.75) is 124 Å². The minimum Gasteiger partial charge on any atom is -0.393 e. The fourth-order valence-electron chi connectivity index (χ4n) is 9.25. The van der Waals surface area contributed by atoms with Gasteiger partial charge in [0.2, 0.25) is 0 Å². The number of aliphatic hydroxyl groups excluding tert-OH is 1. The lowest BCUT2D eigenvalue weighted by Gasteiger charge is -2.61. The van der Waals surface area contributed by atoms with Crippen molar-refractivity contribution < 1.29 is 10.2 Å². The Morgan fingerprint density at radius 3 is 2.42 bits per heavy atom. The summed E-state index contributed by atoms with van der Waals surface area (Å²) in [6, 6.07) is 0. The third-order valence-corrected chi connectivity index (χ3v) is 11.5. The lowest BCUT2D eigenvalue weighted by molar-refractivity contribution is -0.183. The Morgan fingerprint density at radius 2 is 1.74 bits per heavy atom. The zero-order valence-electron chi connectivity index (χ0n) is 21.3. The first kappa shape index (κ1) is 23.8. The van der Waals surface area contributed by atoms with Crippen molar-refractivity contribution in [2.24, 2.45) is 46.3 Å². The fourth-order valence-corrected chi connectivity index (χ4v) is 9.25. The highest BCUT2D eigenvalue weighted by molar-refractivity contribution is 5.28. The maximum atomic E-state index is 12.4. The Morgan fingerprint density at radius 1 is 1.00 bits per heavy atom. The lowest BCUT2D eigenvalue weighted by atomic mass is 9.45. The molecule has 0 radical (unpaired) electrons. The SMILES string of the molecule is CC[C@H](CC[C@@H](C)[C@H]1CC[C@@]2(O)[C@@H]3CC=C4C[C@@H](O)CC[C@]4(C)[C@H]3CC[C@]12C)C(C)C. The van der Waals surface area contributed by atoms with Gasteiger partial charge >= 0.3 is 0 Å². The van der Waals surface area contributed by atoms with Gasteiger partial charge in [-0.3, -0.25) is 0 Å². The van der Waals surface area contributed by atoms with Crippen LogP contribution < -0.4 is 0 Å². The summed E-state index contributed by atoms with van der Waals surface area (Å²) in [5.41, 5.74) is 1.28. The average molecular weight is 431 g/mol. The predicted octanol–water partition coefficient (Wildman–Crippen LogP) is 7.14. The zero-order valence-corrected chi connectivity index (χ0v) is 21.3. The van der Waals surface area contributed by atoms with Gasteiger partial charge in [0.1, 0.15) is 0 Å². The Bertz CT molecular complexity index is 682. The molecule has 3 fully saturated rings. The van der Waals surface area contributed by atoms with E-state index < -0.39 is 5.60 Å². The van der Waals surface area contributed by atoms with Crippen LogP contribution in [0.5, 0.6) is 0 Å². The van der Waals surface area contributed by atoms with Crippen LogP contribution in [0.3, 0.4) is 0 Å². The Labute approximate surface area is 192 Å². The van der Waals surface area contributed by atoms with Crippen LogP contribution in [0.4, 0.5) is 0 Å². The summed E-state index contributed by atoms with van der Waals surface area (Å²) in [7, 11) is 0. The van der Waals surface area contributed by atoms with Gasteiger partial charge < -0.3 is 10.2 Å². The van der Waals surface area contributed by atoms with Crippen LogP contribution in [0, 0.1) is 46.3 Å². The monoisotopic (exact) mass is 430 g/mol. The van der Waals surface area contributed by atoms with E-state index in [4.69, 9.17) is 0 Å². The van der Waals surface area contributed by atoms with Crippen LogP contribution in [0.1, 0.15) is 112 Å². The van der Waals surface area contributed by atoms with Crippen molar-refractivity contribution in [3.8, 4) is 0 Å². The Hall–Kier alpha value is -0.340. The number of fused-ring (bicyclic) bond motifs is 5. The second kappa shape index (κ2) is 8.46. The van der Waals surface area contributed by atoms with Crippen molar-refractivity contribution in [3.05, 3.63) is 11.6 Å². The van der Waals surface area contributed by atoms with Crippen LogP contribution in [0.25, 0.3) is 0 Å². The van der Waals surface area contributed by atoms with E-state index in [1.165, 1.54) is 44.1 Å². The molecule has 31 heavy (non-hydrogen) atoms. The van der Waals surface area contributed by atoms with E-state index in [2.05, 4.69) is 47.6 Å². The summed E-state index contributed by atoms with van der Waals surface area (Å²) in [6.45, 7) is 14.5. The van der Waals surface area contributed by atoms with Crippen LogP contribution in [0.2, 0.25) is 0 Å². The molecule has 0 heterocycles. The summed E-state index contributed by atoms with van der Waals surface area (Å²) < 4.78 is 0. The Balaban J connectivity index is 1.53. The van der Waals surface area contributed by atoms with Crippen LogP contribution in [0.15, 0.2) is 11.6 Å². The molecule has 3 saturated carbocycles. The maximum Gasteiger partial charge on any atom is 0.0737 e. The summed E-state index contributed by atoms with van der Waals surface area (Å²) in [4.78, 5) is 0. The molecule has 2 heteroatoms. The maximum absolute atomic E-state index is 12.4. The van der Waals surface area contributed by atoms with E-state index >= 15 is 0 Å². The molecule has 0 unspecified atom stereocenters. The summed E-state index contributed by atoms with van der Waals surface area (Å²) in [6.07, 6.45) is 14.8. The van der Waals surface area contributed by atoms with Gasteiger partial charge in [0.15, 0.2) is 0 Å². The zero-order chi connectivity index (χ0) is 22.6. The standard InChI is InChI=1S/C29H50O2/c1-7-21(19(2)3)9-8-20(4)24-14-17-29(31)26-11-10-22-18-23(30)12-15-27(22,5)25(26)13-16-28(24,29)6/h10,19-21,23-26,30-31H,7-9,11-18H2,1-6H3/t20-,21-,23+,24-,25+,26-,27+,28-,29-/m1/s1. The Kier molecular flexibility index (Phi) is 6.50. The third kappa shape index (κ3) is 3.67. The first-order valence-electron chi connectivity index (χ1n) is 13.7. The van der Waals surface area contributed by atoms with Crippen molar-refractivity contribution in [1.82, 2.24) is 0 Å². The number of allylic oxidation sites excluding steroid dienone is 1. The molecule has 0 bridgehead atoms. The largest absolute Gasteiger partial charge is 0.393 e. The number of rotatable bonds is 6. The number of hydrogen-bond acceptors (Lipinski definition) is 2. The number of aliphatic hydroxyl groups is 2.